The van der Waals surface area contributed by atoms with Crippen LogP contribution >= 0.6 is 0 Å². The number of nitrogens with one attached hydrogen (secondary N) is 1. The molecular weight excluding hydrogens is 261 g/mol. The number of halogens is 3. The Kier molecular flexibility index (Phi) is 4.06. The van der Waals surface area contributed by atoms with Crippen molar-refractivity contribution in [2.45, 2.75) is 31.5 Å². The Morgan fingerprint density at radius 2 is 2.00 bits per heavy atom. The number of piperidine rings is 1. The van der Waals surface area contributed by atoms with Crippen LogP contribution in [0.25, 0.3) is 0 Å². The van der Waals surface area contributed by atoms with Gasteiger partial charge in [0.25, 0.3) is 0 Å². The van der Waals surface area contributed by atoms with Gasteiger partial charge in [-0.15, -0.1) is 0 Å². The number of hydrogen-bond donors (Lipinski definition) is 1. The van der Waals surface area contributed by atoms with Gasteiger partial charge in [0.2, 0.25) is 0 Å². The molecule has 0 aliphatic carbocycles. The third-order valence-corrected chi connectivity index (χ3v) is 4.03. The van der Waals surface area contributed by atoms with Gasteiger partial charge in [0.15, 0.2) is 5.41 Å². The van der Waals surface area contributed by atoms with Gasteiger partial charge in [-0.1, -0.05) is 0 Å². The van der Waals surface area contributed by atoms with Crippen LogP contribution in [0.4, 0.5) is 13.2 Å². The molecule has 2 aliphatic rings. The van der Waals surface area contributed by atoms with Crippen LogP contribution in [0.15, 0.2) is 0 Å². The fourth-order valence-electron chi connectivity index (χ4n) is 2.59. The van der Waals surface area contributed by atoms with Crippen molar-refractivity contribution in [3.63, 3.8) is 0 Å². The second-order valence-corrected chi connectivity index (χ2v) is 5.41. The van der Waals surface area contributed by atoms with E-state index in [1.54, 1.807) is 0 Å². The van der Waals surface area contributed by atoms with Crippen LogP contribution in [0, 0.1) is 5.41 Å². The zero-order valence-corrected chi connectivity index (χ0v) is 10.9. The second kappa shape index (κ2) is 5.28. The minimum absolute atomic E-state index is 0.196. The molecule has 1 atom stereocenters. The second-order valence-electron chi connectivity index (χ2n) is 5.41. The van der Waals surface area contributed by atoms with E-state index in [1.165, 1.54) is 0 Å². The van der Waals surface area contributed by atoms with E-state index in [4.69, 9.17) is 4.74 Å². The van der Waals surface area contributed by atoms with Gasteiger partial charge in [-0.25, -0.2) is 0 Å². The molecule has 2 heterocycles. The summed E-state index contributed by atoms with van der Waals surface area (Å²) in [5.41, 5.74) is -2.35. The summed E-state index contributed by atoms with van der Waals surface area (Å²) in [7, 11) is 1.94. The molecule has 2 saturated heterocycles. The number of carbonyl (C=O) groups excluding carboxylic acids is 1. The fraction of sp³-hybridized carbons (Fsp3) is 0.917. The number of hydrogen-bond acceptors (Lipinski definition) is 4. The van der Waals surface area contributed by atoms with Gasteiger partial charge >= 0.3 is 12.1 Å². The maximum absolute atomic E-state index is 13.1. The third-order valence-electron chi connectivity index (χ3n) is 4.03. The Labute approximate surface area is 110 Å². The van der Waals surface area contributed by atoms with Crippen LogP contribution in [0.1, 0.15) is 19.3 Å². The third kappa shape index (κ3) is 2.86. The SMILES string of the molecule is CN1CCC(OC(=O)C2(C(F)(F)F)CCNC2)CC1. The van der Waals surface area contributed by atoms with Crippen molar-refractivity contribution < 1.29 is 22.7 Å². The molecule has 1 N–H and O–H groups in total. The lowest BCUT2D eigenvalue weighted by Gasteiger charge is -2.33. The van der Waals surface area contributed by atoms with E-state index in [2.05, 4.69) is 10.2 Å². The summed E-state index contributed by atoms with van der Waals surface area (Å²) >= 11 is 0. The minimum Gasteiger partial charge on any atom is -0.462 e. The van der Waals surface area contributed by atoms with Crippen LogP contribution in [-0.4, -0.2) is 56.4 Å². The molecule has 2 rings (SSSR count). The van der Waals surface area contributed by atoms with E-state index in [0.29, 0.717) is 12.8 Å². The van der Waals surface area contributed by atoms with Gasteiger partial charge in [-0.3, -0.25) is 4.79 Å². The number of rotatable bonds is 2. The van der Waals surface area contributed by atoms with E-state index in [0.717, 1.165) is 13.1 Å². The molecule has 7 heteroatoms. The van der Waals surface area contributed by atoms with Crippen LogP contribution in [0.2, 0.25) is 0 Å². The van der Waals surface area contributed by atoms with Crippen LogP contribution in [-0.2, 0) is 9.53 Å². The maximum atomic E-state index is 13.1. The van der Waals surface area contributed by atoms with Gasteiger partial charge < -0.3 is 15.0 Å². The summed E-state index contributed by atoms with van der Waals surface area (Å²) in [6, 6.07) is 0. The Balaban J connectivity index is 2.01. The van der Waals surface area contributed by atoms with E-state index >= 15 is 0 Å². The lowest BCUT2D eigenvalue weighted by Crippen LogP contribution is -2.49. The molecule has 4 nitrogen and oxygen atoms in total. The predicted octanol–water partition coefficient (Wildman–Crippen LogP) is 1.17. The minimum atomic E-state index is -4.56. The van der Waals surface area contributed by atoms with Crippen molar-refractivity contribution in [3.05, 3.63) is 0 Å². The number of nitrogens with zero attached hydrogens (tertiary/aromatic N) is 1. The Morgan fingerprint density at radius 1 is 1.37 bits per heavy atom. The molecule has 1 unspecified atom stereocenters. The first-order valence-electron chi connectivity index (χ1n) is 6.52. The molecule has 110 valence electrons. The summed E-state index contributed by atoms with van der Waals surface area (Å²) in [6.45, 7) is 1.31. The van der Waals surface area contributed by atoms with E-state index in [1.807, 2.05) is 7.05 Å². The molecule has 0 amide bonds. The van der Waals surface area contributed by atoms with E-state index in [9.17, 15) is 18.0 Å². The average molecular weight is 280 g/mol. The van der Waals surface area contributed by atoms with Crippen molar-refractivity contribution in [1.29, 1.82) is 0 Å². The zero-order chi connectivity index (χ0) is 14.1. The lowest BCUT2D eigenvalue weighted by molar-refractivity contribution is -0.232. The molecule has 0 aromatic carbocycles. The smallest absolute Gasteiger partial charge is 0.406 e. The maximum Gasteiger partial charge on any atom is 0.406 e. The quantitative estimate of drug-likeness (QED) is 0.771. The molecule has 2 fully saturated rings. The first-order valence-corrected chi connectivity index (χ1v) is 6.52. The summed E-state index contributed by atoms with van der Waals surface area (Å²) in [5, 5.41) is 2.62. The zero-order valence-electron chi connectivity index (χ0n) is 10.9. The molecule has 0 aromatic rings. The van der Waals surface area contributed by atoms with Crippen LogP contribution in [0.3, 0.4) is 0 Å². The Bertz CT molecular complexity index is 332. The van der Waals surface area contributed by atoms with E-state index in [-0.39, 0.29) is 25.6 Å². The highest BCUT2D eigenvalue weighted by Crippen LogP contribution is 2.44. The lowest BCUT2D eigenvalue weighted by atomic mass is 9.86. The first-order chi connectivity index (χ1) is 8.85. The van der Waals surface area contributed by atoms with Crippen LogP contribution in [0.5, 0.6) is 0 Å². The molecule has 0 bridgehead atoms. The highest BCUT2D eigenvalue weighted by molar-refractivity contribution is 5.79. The number of carbonyl (C=O) groups is 1. The summed E-state index contributed by atoms with van der Waals surface area (Å²) < 4.78 is 44.5. The van der Waals surface area contributed by atoms with Crippen molar-refractivity contribution in [2.24, 2.45) is 5.41 Å². The standard InChI is InChI=1S/C12H19F3N2O2/c1-17-6-2-9(3-7-17)19-10(18)11(12(13,14)15)4-5-16-8-11/h9,16H,2-8H2,1H3. The van der Waals surface area contributed by atoms with Crippen molar-refractivity contribution in [3.8, 4) is 0 Å². The van der Waals surface area contributed by atoms with Crippen molar-refractivity contribution in [1.82, 2.24) is 10.2 Å². The van der Waals surface area contributed by atoms with Crippen molar-refractivity contribution in [2.75, 3.05) is 33.2 Å². The summed E-state index contributed by atoms with van der Waals surface area (Å²) in [4.78, 5) is 14.0. The number of ether oxygens (including phenoxy) is 1. The first kappa shape index (κ1) is 14.6. The monoisotopic (exact) mass is 280 g/mol. The predicted molar refractivity (Wildman–Crippen MR) is 62.6 cm³/mol. The fourth-order valence-corrected chi connectivity index (χ4v) is 2.59. The van der Waals surface area contributed by atoms with Gasteiger partial charge in [-0.2, -0.15) is 13.2 Å². The van der Waals surface area contributed by atoms with Crippen molar-refractivity contribution >= 4 is 5.97 Å². The van der Waals surface area contributed by atoms with E-state index < -0.39 is 17.6 Å². The molecule has 0 spiro atoms. The summed E-state index contributed by atoms with van der Waals surface area (Å²) in [6.07, 6.45) is -3.97. The van der Waals surface area contributed by atoms with Gasteiger partial charge in [0.1, 0.15) is 6.10 Å². The number of alkyl halides is 3. The molecule has 2 aliphatic heterocycles. The molecule has 0 aromatic heterocycles. The summed E-state index contributed by atoms with van der Waals surface area (Å²) in [5.74, 6) is -1.11. The molecular formula is C12H19F3N2O2. The normalized spacial score (nSPS) is 30.5. The Morgan fingerprint density at radius 3 is 2.47 bits per heavy atom. The molecule has 19 heavy (non-hydrogen) atoms. The number of esters is 1. The highest BCUT2D eigenvalue weighted by atomic mass is 19.4. The number of likely N-dealkylation sites (tertiary alicyclic amines) is 1. The highest BCUT2D eigenvalue weighted by Gasteiger charge is 2.62. The Hall–Kier alpha value is -0.820. The molecule has 0 saturated carbocycles. The largest absolute Gasteiger partial charge is 0.462 e. The van der Waals surface area contributed by atoms with Gasteiger partial charge in [-0.05, 0) is 32.9 Å². The molecule has 0 radical (unpaired) electrons. The topological polar surface area (TPSA) is 41.6 Å². The van der Waals surface area contributed by atoms with Gasteiger partial charge in [0.05, 0.1) is 0 Å². The van der Waals surface area contributed by atoms with Gasteiger partial charge in [0, 0.05) is 19.6 Å². The average Bonchev–Trinajstić information content (AvgIpc) is 2.82. The van der Waals surface area contributed by atoms with Crippen LogP contribution < -0.4 is 5.32 Å².